The fourth-order valence-electron chi connectivity index (χ4n) is 3.64. The van der Waals surface area contributed by atoms with Crippen LogP contribution in [0.25, 0.3) is 0 Å². The first kappa shape index (κ1) is 20.7. The normalized spacial score (nSPS) is 18.5. The number of nitrogens with zero attached hydrogens (tertiary/aromatic N) is 2. The number of ether oxygens (including phenoxy) is 2. The van der Waals surface area contributed by atoms with Crippen molar-refractivity contribution in [3.8, 4) is 5.75 Å². The smallest absolute Gasteiger partial charge is 0.174 e. The van der Waals surface area contributed by atoms with Gasteiger partial charge in [-0.25, -0.2) is 0 Å². The summed E-state index contributed by atoms with van der Waals surface area (Å²) in [5.41, 5.74) is 3.94. The second-order valence-corrected chi connectivity index (χ2v) is 7.84. The minimum Gasteiger partial charge on any atom is -0.490 e. The number of thiocarbonyl (C=S) groups is 1. The van der Waals surface area contributed by atoms with Gasteiger partial charge in [-0.1, -0.05) is 17.7 Å². The number of nitrogens with one attached hydrogen (secondary N) is 2. The van der Waals surface area contributed by atoms with Gasteiger partial charge in [0, 0.05) is 30.4 Å². The summed E-state index contributed by atoms with van der Waals surface area (Å²) in [6.45, 7) is 2.97. The molecule has 4 rings (SSSR count). The van der Waals surface area contributed by atoms with Gasteiger partial charge in [-0.3, -0.25) is 4.98 Å². The first-order chi connectivity index (χ1) is 14.6. The number of hydrogen-bond donors (Lipinski definition) is 2. The molecule has 2 aromatic heterocycles. The van der Waals surface area contributed by atoms with E-state index in [2.05, 4.69) is 32.3 Å². The van der Waals surface area contributed by atoms with Crippen molar-refractivity contribution in [2.75, 3.05) is 25.2 Å². The van der Waals surface area contributed by atoms with Crippen molar-refractivity contribution in [1.82, 2.24) is 15.3 Å². The first-order valence-corrected chi connectivity index (χ1v) is 10.4. The van der Waals surface area contributed by atoms with Gasteiger partial charge in [0.2, 0.25) is 0 Å². The van der Waals surface area contributed by atoms with Gasteiger partial charge in [0.15, 0.2) is 5.11 Å². The van der Waals surface area contributed by atoms with Gasteiger partial charge in [0.05, 0.1) is 23.4 Å². The van der Waals surface area contributed by atoms with Crippen molar-refractivity contribution >= 4 is 34.6 Å². The summed E-state index contributed by atoms with van der Waals surface area (Å²) < 4.78 is 10.7. The number of hydrogen-bond acceptors (Lipinski definition) is 4. The Morgan fingerprint density at radius 2 is 2.03 bits per heavy atom. The topological polar surface area (TPSA) is 62.4 Å². The number of methoxy groups -OCH3 is 1. The van der Waals surface area contributed by atoms with Crippen LogP contribution in [0.2, 0.25) is 5.02 Å². The van der Waals surface area contributed by atoms with Gasteiger partial charge in [-0.05, 0) is 61.6 Å². The van der Waals surface area contributed by atoms with E-state index in [9.17, 15) is 0 Å². The molecule has 1 aliphatic heterocycles. The van der Waals surface area contributed by atoms with Crippen LogP contribution in [0.15, 0.2) is 54.7 Å². The number of halogens is 1. The monoisotopic (exact) mass is 442 g/mol. The van der Waals surface area contributed by atoms with Gasteiger partial charge < -0.3 is 24.7 Å². The number of aryl methyl sites for hydroxylation is 1. The molecule has 30 heavy (non-hydrogen) atoms. The molecule has 0 amide bonds. The second-order valence-electron chi connectivity index (χ2n) is 7.05. The Morgan fingerprint density at radius 3 is 2.70 bits per heavy atom. The van der Waals surface area contributed by atoms with E-state index in [1.165, 1.54) is 0 Å². The molecule has 0 radical (unpaired) electrons. The number of aromatic nitrogens is 2. The lowest BCUT2D eigenvalue weighted by atomic mass is 10.0. The second kappa shape index (κ2) is 9.04. The fourth-order valence-corrected chi connectivity index (χ4v) is 4.21. The quantitative estimate of drug-likeness (QED) is 0.412. The van der Waals surface area contributed by atoms with Crippen LogP contribution >= 0.6 is 23.8 Å². The highest BCUT2D eigenvalue weighted by molar-refractivity contribution is 7.80. The van der Waals surface area contributed by atoms with E-state index in [-0.39, 0.29) is 12.1 Å². The number of aromatic amines is 1. The van der Waals surface area contributed by atoms with E-state index in [4.69, 9.17) is 33.3 Å². The molecule has 8 heteroatoms. The van der Waals surface area contributed by atoms with Crippen molar-refractivity contribution in [2.24, 2.45) is 0 Å². The maximum Gasteiger partial charge on any atom is 0.174 e. The Labute approximate surface area is 186 Å². The third-order valence-corrected chi connectivity index (χ3v) is 5.62. The van der Waals surface area contributed by atoms with Crippen molar-refractivity contribution in [3.63, 3.8) is 0 Å². The molecule has 0 aliphatic carbocycles. The van der Waals surface area contributed by atoms with Crippen molar-refractivity contribution in [1.29, 1.82) is 0 Å². The number of anilines is 1. The van der Waals surface area contributed by atoms with Gasteiger partial charge in [-0.15, -0.1) is 0 Å². The van der Waals surface area contributed by atoms with E-state index in [0.29, 0.717) is 29.1 Å². The maximum atomic E-state index is 6.51. The number of benzene rings is 1. The summed E-state index contributed by atoms with van der Waals surface area (Å²) in [6.07, 6.45) is 1.79. The standard InChI is InChI=1S/C22H23ClN4O2S/c1-14-6-8-18(25-14)21-20(17-5-3-4-10-24-17)26-22(30)27(21)15-7-9-19(16(23)13-15)29-12-11-28-2/h3-10,13,20-21,25H,11-12H2,1-2H3,(H,26,30)/t20-,21+/m0/s1. The van der Waals surface area contributed by atoms with Crippen LogP contribution in [0.1, 0.15) is 29.2 Å². The molecule has 3 aromatic rings. The summed E-state index contributed by atoms with van der Waals surface area (Å²) in [5.74, 6) is 0.615. The highest BCUT2D eigenvalue weighted by atomic mass is 35.5. The van der Waals surface area contributed by atoms with Gasteiger partial charge >= 0.3 is 0 Å². The van der Waals surface area contributed by atoms with E-state index in [0.717, 1.165) is 22.8 Å². The largest absolute Gasteiger partial charge is 0.490 e. The molecule has 1 aliphatic rings. The molecule has 0 bridgehead atoms. The lowest BCUT2D eigenvalue weighted by Gasteiger charge is -2.27. The Kier molecular flexibility index (Phi) is 6.22. The highest BCUT2D eigenvalue weighted by Crippen LogP contribution is 2.42. The third kappa shape index (κ3) is 4.14. The molecule has 2 N–H and O–H groups in total. The SMILES string of the molecule is COCCOc1ccc(N2C(=S)N[C@@H](c3ccccn3)[C@H]2c2ccc(C)[nH]2)cc1Cl. The number of rotatable bonds is 7. The molecule has 1 aromatic carbocycles. The minimum absolute atomic E-state index is 0.0996. The lowest BCUT2D eigenvalue weighted by molar-refractivity contribution is 0.146. The van der Waals surface area contributed by atoms with Crippen LogP contribution in [-0.2, 0) is 4.74 Å². The van der Waals surface area contributed by atoms with Crippen LogP contribution in [-0.4, -0.2) is 35.4 Å². The zero-order chi connectivity index (χ0) is 21.1. The molecule has 6 nitrogen and oxygen atoms in total. The Hall–Kier alpha value is -2.61. The van der Waals surface area contributed by atoms with Crippen molar-refractivity contribution in [3.05, 3.63) is 76.8 Å². The van der Waals surface area contributed by atoms with Gasteiger partial charge in [0.1, 0.15) is 18.4 Å². The Bertz CT molecular complexity index is 1030. The average molecular weight is 443 g/mol. The van der Waals surface area contributed by atoms with E-state index < -0.39 is 0 Å². The Balaban J connectivity index is 1.70. The summed E-state index contributed by atoms with van der Waals surface area (Å²) in [7, 11) is 1.63. The molecular formula is C22H23ClN4O2S. The van der Waals surface area contributed by atoms with E-state index in [1.807, 2.05) is 43.3 Å². The predicted molar refractivity (Wildman–Crippen MR) is 122 cm³/mol. The molecule has 156 valence electrons. The van der Waals surface area contributed by atoms with Crippen LogP contribution in [0, 0.1) is 6.92 Å². The molecule has 0 saturated carbocycles. The maximum absolute atomic E-state index is 6.51. The van der Waals surface area contributed by atoms with Gasteiger partial charge in [-0.2, -0.15) is 0 Å². The highest BCUT2D eigenvalue weighted by Gasteiger charge is 2.41. The molecular weight excluding hydrogens is 420 g/mol. The first-order valence-electron chi connectivity index (χ1n) is 9.66. The zero-order valence-corrected chi connectivity index (χ0v) is 18.3. The van der Waals surface area contributed by atoms with Crippen LogP contribution < -0.4 is 15.0 Å². The predicted octanol–water partition coefficient (Wildman–Crippen LogP) is 4.57. The molecule has 2 atom stereocenters. The summed E-state index contributed by atoms with van der Waals surface area (Å²) in [6, 6.07) is 15.5. The summed E-state index contributed by atoms with van der Waals surface area (Å²) in [4.78, 5) is 10.1. The lowest BCUT2D eigenvalue weighted by Crippen LogP contribution is -2.29. The van der Waals surface area contributed by atoms with Crippen molar-refractivity contribution in [2.45, 2.75) is 19.0 Å². The van der Waals surface area contributed by atoms with Crippen LogP contribution in [0.5, 0.6) is 5.75 Å². The van der Waals surface area contributed by atoms with Gasteiger partial charge in [0.25, 0.3) is 0 Å². The third-order valence-electron chi connectivity index (χ3n) is 5.01. The molecule has 1 saturated heterocycles. The number of H-pyrrole nitrogens is 1. The average Bonchev–Trinajstić information content (AvgIpc) is 3.33. The number of pyridine rings is 1. The van der Waals surface area contributed by atoms with Crippen LogP contribution in [0.4, 0.5) is 5.69 Å². The van der Waals surface area contributed by atoms with E-state index >= 15 is 0 Å². The molecule has 0 spiro atoms. The Morgan fingerprint density at radius 1 is 1.17 bits per heavy atom. The van der Waals surface area contributed by atoms with Crippen molar-refractivity contribution < 1.29 is 9.47 Å². The minimum atomic E-state index is -0.104. The summed E-state index contributed by atoms with van der Waals surface area (Å²) in [5, 5.41) is 4.58. The summed E-state index contributed by atoms with van der Waals surface area (Å²) >= 11 is 12.2. The molecule has 1 fully saturated rings. The molecule has 3 heterocycles. The van der Waals surface area contributed by atoms with Crippen LogP contribution in [0.3, 0.4) is 0 Å². The fraction of sp³-hybridized carbons (Fsp3) is 0.273. The molecule has 0 unspecified atom stereocenters. The van der Waals surface area contributed by atoms with E-state index in [1.54, 1.807) is 13.3 Å². The zero-order valence-electron chi connectivity index (χ0n) is 16.8.